The molecule has 2 aromatic carbocycles. The van der Waals surface area contributed by atoms with Gasteiger partial charge in [-0.1, -0.05) is 53.7 Å². The average molecular weight is 408 g/mol. The van der Waals surface area contributed by atoms with Crippen molar-refractivity contribution in [3.05, 3.63) is 71.5 Å². The Morgan fingerprint density at radius 1 is 1.20 bits per heavy atom. The predicted octanol–water partition coefficient (Wildman–Crippen LogP) is 2.91. The van der Waals surface area contributed by atoms with Gasteiger partial charge < -0.3 is 15.5 Å². The Morgan fingerprint density at radius 3 is 2.70 bits per heavy atom. The van der Waals surface area contributed by atoms with E-state index in [1.807, 2.05) is 30.3 Å². The zero-order valence-electron chi connectivity index (χ0n) is 16.7. The molecule has 2 aromatic rings. The number of amides is 1. The van der Waals surface area contributed by atoms with E-state index in [1.54, 1.807) is 23.1 Å². The molecule has 1 amide bonds. The Hall–Kier alpha value is -3.06. The summed E-state index contributed by atoms with van der Waals surface area (Å²) in [7, 11) is 0. The molecule has 0 aliphatic carbocycles. The third-order valence-corrected chi connectivity index (χ3v) is 5.48. The summed E-state index contributed by atoms with van der Waals surface area (Å²) in [6, 6.07) is 15.6. The maximum atomic E-state index is 13.9. The van der Waals surface area contributed by atoms with Crippen LogP contribution < -0.4 is 5.73 Å². The van der Waals surface area contributed by atoms with Gasteiger partial charge in [0, 0.05) is 24.6 Å². The Morgan fingerprint density at radius 2 is 1.97 bits per heavy atom. The molecule has 2 aliphatic heterocycles. The number of rotatable bonds is 6. The highest BCUT2D eigenvalue weighted by atomic mass is 19.1. The molecule has 2 heterocycles. The largest absolute Gasteiger partial charge is 0.339 e. The normalized spacial score (nSPS) is 19.7. The van der Waals surface area contributed by atoms with Gasteiger partial charge in [-0.25, -0.2) is 9.38 Å². The van der Waals surface area contributed by atoms with Crippen LogP contribution in [0.1, 0.15) is 30.4 Å². The maximum Gasteiger partial charge on any atom is 0.243 e. The number of halogens is 1. The number of carbonyl (C=O) groups excluding carboxylic acids is 1. The van der Waals surface area contributed by atoms with E-state index in [-0.39, 0.29) is 24.2 Å². The molecule has 7 heteroatoms. The summed E-state index contributed by atoms with van der Waals surface area (Å²) in [5.74, 6) is 0.116. The number of nitrogens with two attached hydrogens (primary N) is 1. The van der Waals surface area contributed by atoms with Crippen molar-refractivity contribution in [3.63, 3.8) is 0 Å². The van der Waals surface area contributed by atoms with E-state index in [4.69, 9.17) is 10.6 Å². The van der Waals surface area contributed by atoms with Gasteiger partial charge in [0.15, 0.2) is 0 Å². The summed E-state index contributed by atoms with van der Waals surface area (Å²) in [6.45, 7) is 1.05. The molecule has 0 spiro atoms. The number of oxime groups is 1. The zero-order chi connectivity index (χ0) is 20.9. The van der Waals surface area contributed by atoms with Gasteiger partial charge in [-0.3, -0.25) is 4.79 Å². The fraction of sp³-hybridized carbons (Fsp3) is 0.348. The van der Waals surface area contributed by atoms with Gasteiger partial charge in [0.05, 0.1) is 6.54 Å². The highest BCUT2D eigenvalue weighted by Gasteiger charge is 2.35. The first-order valence-electron chi connectivity index (χ1n) is 10.2. The molecule has 2 N–H and O–H groups in total. The molecule has 0 bridgehead atoms. The van der Waals surface area contributed by atoms with Crippen molar-refractivity contribution in [1.82, 2.24) is 4.90 Å². The number of benzene rings is 2. The molecule has 4 rings (SSSR count). The summed E-state index contributed by atoms with van der Waals surface area (Å²) >= 11 is 0. The minimum Gasteiger partial charge on any atom is -0.339 e. The summed E-state index contributed by atoms with van der Waals surface area (Å²) in [4.78, 5) is 24.8. The quantitative estimate of drug-likeness (QED) is 0.798. The van der Waals surface area contributed by atoms with Gasteiger partial charge in [0.1, 0.15) is 17.6 Å². The van der Waals surface area contributed by atoms with Crippen LogP contribution in [0.4, 0.5) is 4.39 Å². The molecule has 2 aliphatic rings. The fourth-order valence-corrected chi connectivity index (χ4v) is 3.94. The first-order valence-corrected chi connectivity index (χ1v) is 10.2. The van der Waals surface area contributed by atoms with Crippen molar-refractivity contribution in [2.24, 2.45) is 15.9 Å². The third-order valence-electron chi connectivity index (χ3n) is 5.48. The van der Waals surface area contributed by atoms with Crippen molar-refractivity contribution in [2.45, 2.75) is 37.8 Å². The highest BCUT2D eigenvalue weighted by Crippen LogP contribution is 2.23. The first kappa shape index (κ1) is 20.2. The zero-order valence-corrected chi connectivity index (χ0v) is 16.7. The molecule has 2 unspecified atom stereocenters. The van der Waals surface area contributed by atoms with Crippen LogP contribution in [-0.4, -0.2) is 47.6 Å². The van der Waals surface area contributed by atoms with Crippen LogP contribution in [-0.2, 0) is 16.1 Å². The number of nitrogens with zero attached hydrogens (tertiary/aromatic N) is 3. The minimum absolute atomic E-state index is 0.0644. The number of likely N-dealkylation sites (tertiary alicyclic amines) is 1. The van der Waals surface area contributed by atoms with E-state index in [9.17, 15) is 9.18 Å². The fourth-order valence-electron chi connectivity index (χ4n) is 3.94. The van der Waals surface area contributed by atoms with Crippen LogP contribution in [0.25, 0.3) is 0 Å². The lowest BCUT2D eigenvalue weighted by Crippen LogP contribution is -2.44. The van der Waals surface area contributed by atoms with Crippen molar-refractivity contribution >= 4 is 17.5 Å². The van der Waals surface area contributed by atoms with Crippen LogP contribution in [0.15, 0.2) is 64.7 Å². The smallest absolute Gasteiger partial charge is 0.243 e. The van der Waals surface area contributed by atoms with E-state index < -0.39 is 6.04 Å². The second-order valence-electron chi connectivity index (χ2n) is 7.65. The minimum atomic E-state index is -0.451. The summed E-state index contributed by atoms with van der Waals surface area (Å²) < 4.78 is 13.9. The Bertz CT molecular complexity index is 961. The number of carbonyl (C=O) groups is 1. The SMILES string of the molecule is NC(CC(=O)N1CCCC1C1=NCC(c2ccccc2)=NO1)Cc1ccccc1F. The monoisotopic (exact) mass is 408 g/mol. The lowest BCUT2D eigenvalue weighted by atomic mass is 10.0. The van der Waals surface area contributed by atoms with Gasteiger partial charge >= 0.3 is 0 Å². The Labute approximate surface area is 175 Å². The molecule has 0 aromatic heterocycles. The molecule has 0 saturated carbocycles. The third kappa shape index (κ3) is 4.57. The standard InChI is InChI=1S/C23H25FN4O2/c24-19-10-5-4-9-17(19)13-18(25)14-22(29)28-12-6-11-21(28)23-26-15-20(27-30-23)16-7-2-1-3-8-16/h1-5,7-10,18,21H,6,11-15,25H2. The van der Waals surface area contributed by atoms with Crippen LogP contribution in [0.2, 0.25) is 0 Å². The highest BCUT2D eigenvalue weighted by molar-refractivity contribution is 6.04. The van der Waals surface area contributed by atoms with E-state index >= 15 is 0 Å². The Balaban J connectivity index is 1.36. The topological polar surface area (TPSA) is 80.3 Å². The second-order valence-corrected chi connectivity index (χ2v) is 7.65. The van der Waals surface area contributed by atoms with E-state index in [0.29, 0.717) is 31.0 Å². The second kappa shape index (κ2) is 9.17. The van der Waals surface area contributed by atoms with E-state index in [1.165, 1.54) is 6.07 Å². The van der Waals surface area contributed by atoms with Crippen LogP contribution in [0.5, 0.6) is 0 Å². The van der Waals surface area contributed by atoms with Crippen molar-refractivity contribution in [2.75, 3.05) is 13.1 Å². The van der Waals surface area contributed by atoms with E-state index in [2.05, 4.69) is 10.1 Å². The molecule has 6 nitrogen and oxygen atoms in total. The molecular formula is C23H25FN4O2. The number of aliphatic imine (C=N–C) groups is 1. The summed E-state index contributed by atoms with van der Waals surface area (Å²) in [5.41, 5.74) is 8.42. The summed E-state index contributed by atoms with van der Waals surface area (Å²) in [5, 5.41) is 4.23. The lowest BCUT2D eigenvalue weighted by Gasteiger charge is -2.27. The molecule has 2 atom stereocenters. The molecule has 1 fully saturated rings. The molecule has 1 saturated heterocycles. The predicted molar refractivity (Wildman–Crippen MR) is 114 cm³/mol. The molecular weight excluding hydrogens is 383 g/mol. The summed E-state index contributed by atoms with van der Waals surface area (Å²) in [6.07, 6.45) is 2.12. The van der Waals surface area contributed by atoms with Crippen LogP contribution in [0, 0.1) is 5.82 Å². The van der Waals surface area contributed by atoms with Gasteiger partial charge in [-0.2, -0.15) is 0 Å². The molecule has 0 radical (unpaired) electrons. The first-order chi connectivity index (χ1) is 14.6. The number of hydrogen-bond donors (Lipinski definition) is 1. The van der Waals surface area contributed by atoms with E-state index in [0.717, 1.165) is 24.1 Å². The average Bonchev–Trinajstić information content (AvgIpc) is 3.26. The Kier molecular flexibility index (Phi) is 6.18. The lowest BCUT2D eigenvalue weighted by molar-refractivity contribution is -0.131. The van der Waals surface area contributed by atoms with Crippen molar-refractivity contribution < 1.29 is 14.0 Å². The van der Waals surface area contributed by atoms with Gasteiger partial charge in [-0.15, -0.1) is 0 Å². The molecule has 30 heavy (non-hydrogen) atoms. The van der Waals surface area contributed by atoms with Gasteiger partial charge in [-0.05, 0) is 30.9 Å². The van der Waals surface area contributed by atoms with Gasteiger partial charge in [0.25, 0.3) is 0 Å². The molecule has 156 valence electrons. The van der Waals surface area contributed by atoms with Crippen molar-refractivity contribution in [3.8, 4) is 0 Å². The van der Waals surface area contributed by atoms with Gasteiger partial charge in [0.2, 0.25) is 11.8 Å². The number of hydrogen-bond acceptors (Lipinski definition) is 5. The van der Waals surface area contributed by atoms with Crippen LogP contribution in [0.3, 0.4) is 0 Å². The maximum absolute atomic E-state index is 13.9. The van der Waals surface area contributed by atoms with Crippen molar-refractivity contribution in [1.29, 1.82) is 0 Å². The van der Waals surface area contributed by atoms with Crippen LogP contribution >= 0.6 is 0 Å².